The molecule has 136 valence electrons. The second-order valence-corrected chi connectivity index (χ2v) is 9.13. The molecular weight excluding hydrogens is 350 g/mol. The number of fused-ring (bicyclic) bond motifs is 1. The topological polar surface area (TPSA) is 70.6 Å². The van der Waals surface area contributed by atoms with Gasteiger partial charge in [-0.3, -0.25) is 4.79 Å². The van der Waals surface area contributed by atoms with Crippen molar-refractivity contribution in [2.24, 2.45) is 0 Å². The number of benzene rings is 1. The zero-order valence-electron chi connectivity index (χ0n) is 14.6. The molecule has 1 unspecified atom stereocenters. The first-order valence-corrected chi connectivity index (χ1v) is 10.6. The third kappa shape index (κ3) is 3.07. The molecule has 0 aliphatic carbocycles. The van der Waals surface area contributed by atoms with E-state index >= 15 is 0 Å². The Labute approximate surface area is 153 Å². The summed E-state index contributed by atoms with van der Waals surface area (Å²) < 4.78 is 23.5. The fourth-order valence-corrected chi connectivity index (χ4v) is 5.49. The van der Waals surface area contributed by atoms with E-state index in [1.165, 1.54) is 5.56 Å². The molecule has 0 radical (unpaired) electrons. The van der Waals surface area contributed by atoms with Gasteiger partial charge in [-0.05, 0) is 36.6 Å². The van der Waals surface area contributed by atoms with Gasteiger partial charge in [0.2, 0.25) is 0 Å². The van der Waals surface area contributed by atoms with Crippen LogP contribution in [-0.2, 0) is 16.3 Å². The number of anilines is 2. The van der Waals surface area contributed by atoms with E-state index in [4.69, 9.17) is 0 Å². The summed E-state index contributed by atoms with van der Waals surface area (Å²) in [6, 6.07) is 11.3. The van der Waals surface area contributed by atoms with Crippen LogP contribution in [0.25, 0.3) is 0 Å². The van der Waals surface area contributed by atoms with Gasteiger partial charge in [-0.15, -0.1) is 0 Å². The largest absolute Gasteiger partial charge is 0.356 e. The molecule has 0 spiro atoms. The lowest BCUT2D eigenvalue weighted by Crippen LogP contribution is -2.34. The van der Waals surface area contributed by atoms with Crippen LogP contribution in [0.4, 0.5) is 11.5 Å². The van der Waals surface area contributed by atoms with Crippen molar-refractivity contribution >= 4 is 27.2 Å². The first kappa shape index (κ1) is 17.0. The van der Waals surface area contributed by atoms with Crippen LogP contribution in [0, 0.1) is 0 Å². The summed E-state index contributed by atoms with van der Waals surface area (Å²) in [4.78, 5) is 21.0. The summed E-state index contributed by atoms with van der Waals surface area (Å²) in [5, 5.41) is 0. The van der Waals surface area contributed by atoms with Gasteiger partial charge in [-0.25, -0.2) is 13.4 Å². The van der Waals surface area contributed by atoms with Gasteiger partial charge in [0, 0.05) is 37.1 Å². The van der Waals surface area contributed by atoms with Crippen molar-refractivity contribution in [2.75, 3.05) is 34.9 Å². The van der Waals surface area contributed by atoms with Crippen LogP contribution in [0.2, 0.25) is 0 Å². The Morgan fingerprint density at radius 2 is 2.08 bits per heavy atom. The molecule has 1 aromatic carbocycles. The van der Waals surface area contributed by atoms with Gasteiger partial charge in [0.1, 0.15) is 5.82 Å². The van der Waals surface area contributed by atoms with Crippen LogP contribution in [0.1, 0.15) is 22.3 Å². The van der Waals surface area contributed by atoms with E-state index in [0.29, 0.717) is 24.3 Å². The lowest BCUT2D eigenvalue weighted by Gasteiger charge is -2.25. The molecule has 2 aliphatic heterocycles. The molecule has 1 aromatic heterocycles. The third-order valence-electron chi connectivity index (χ3n) is 5.24. The van der Waals surface area contributed by atoms with Gasteiger partial charge in [-0.1, -0.05) is 18.2 Å². The average Bonchev–Trinajstić information content (AvgIpc) is 3.23. The summed E-state index contributed by atoms with van der Waals surface area (Å²) in [5.74, 6) is 0.935. The summed E-state index contributed by atoms with van der Waals surface area (Å²) >= 11 is 0. The number of nitrogens with zero attached hydrogens (tertiary/aromatic N) is 3. The first-order chi connectivity index (χ1) is 12.4. The predicted molar refractivity (Wildman–Crippen MR) is 102 cm³/mol. The number of aromatic nitrogens is 1. The Morgan fingerprint density at radius 3 is 2.85 bits per heavy atom. The molecule has 6 nitrogen and oxygen atoms in total. The predicted octanol–water partition coefficient (Wildman–Crippen LogP) is 1.91. The van der Waals surface area contributed by atoms with Gasteiger partial charge >= 0.3 is 0 Å². The van der Waals surface area contributed by atoms with Crippen LogP contribution in [-0.4, -0.2) is 50.4 Å². The lowest BCUT2D eigenvalue weighted by molar-refractivity contribution is 0.0989. The summed E-state index contributed by atoms with van der Waals surface area (Å²) in [5.41, 5.74) is 2.72. The maximum Gasteiger partial charge on any atom is 0.258 e. The molecule has 0 N–H and O–H groups in total. The zero-order valence-corrected chi connectivity index (χ0v) is 15.4. The summed E-state index contributed by atoms with van der Waals surface area (Å²) in [7, 11) is -1.13. The maximum atomic E-state index is 13.0. The quantitative estimate of drug-likeness (QED) is 0.824. The van der Waals surface area contributed by atoms with Gasteiger partial charge in [0.25, 0.3) is 5.91 Å². The highest BCUT2D eigenvalue weighted by atomic mass is 32.2. The van der Waals surface area contributed by atoms with Crippen molar-refractivity contribution in [3.8, 4) is 0 Å². The average molecular weight is 371 g/mol. The number of rotatable bonds is 3. The van der Waals surface area contributed by atoms with E-state index in [0.717, 1.165) is 12.1 Å². The van der Waals surface area contributed by atoms with Crippen molar-refractivity contribution < 1.29 is 13.2 Å². The number of para-hydroxylation sites is 1. The minimum Gasteiger partial charge on any atom is -0.356 e. The molecule has 4 rings (SSSR count). The molecule has 3 heterocycles. The van der Waals surface area contributed by atoms with Crippen LogP contribution < -0.4 is 9.80 Å². The molecule has 26 heavy (non-hydrogen) atoms. The molecule has 0 saturated carbocycles. The number of carbonyl (C=O) groups excluding carboxylic acids is 1. The molecule has 1 atom stereocenters. The number of carbonyl (C=O) groups is 1. The van der Waals surface area contributed by atoms with Crippen LogP contribution in [0.5, 0.6) is 0 Å². The fraction of sp³-hybridized carbons (Fsp3) is 0.368. The number of amides is 1. The Morgan fingerprint density at radius 1 is 1.27 bits per heavy atom. The summed E-state index contributed by atoms with van der Waals surface area (Å²) in [6.07, 6.45) is 3.07. The van der Waals surface area contributed by atoms with Crippen molar-refractivity contribution in [1.82, 2.24) is 4.98 Å². The van der Waals surface area contributed by atoms with Crippen LogP contribution in [0.3, 0.4) is 0 Å². The van der Waals surface area contributed by atoms with Gasteiger partial charge in [0.05, 0.1) is 11.5 Å². The molecule has 1 fully saturated rings. The van der Waals surface area contributed by atoms with Gasteiger partial charge < -0.3 is 9.80 Å². The second kappa shape index (κ2) is 6.39. The number of hydrogen-bond donors (Lipinski definition) is 0. The minimum absolute atomic E-state index is 0.0500. The van der Waals surface area contributed by atoms with E-state index in [-0.39, 0.29) is 23.5 Å². The Kier molecular flexibility index (Phi) is 4.19. The van der Waals surface area contributed by atoms with E-state index in [1.807, 2.05) is 30.1 Å². The van der Waals surface area contributed by atoms with Crippen molar-refractivity contribution in [2.45, 2.75) is 18.9 Å². The van der Waals surface area contributed by atoms with E-state index < -0.39 is 9.84 Å². The molecule has 7 heteroatoms. The van der Waals surface area contributed by atoms with E-state index in [9.17, 15) is 13.2 Å². The van der Waals surface area contributed by atoms with Crippen molar-refractivity contribution in [1.29, 1.82) is 0 Å². The van der Waals surface area contributed by atoms with Crippen molar-refractivity contribution in [3.05, 3.63) is 53.7 Å². The molecule has 2 aliphatic rings. The molecular formula is C19H21N3O3S. The summed E-state index contributed by atoms with van der Waals surface area (Å²) in [6.45, 7) is 0.673. The number of pyridine rings is 1. The molecule has 1 amide bonds. The standard InChI is InChI=1S/C19H21N3O3S/c1-21(16-8-11-26(24,25)13-16)18-12-15(6-9-20-18)19(23)22-10-7-14-4-2-3-5-17(14)22/h2-6,9,12,16H,7-8,10-11,13H2,1H3. The SMILES string of the molecule is CN(c1cc(C(=O)N2CCc3ccccc32)ccn1)C1CCS(=O)(=O)C1. The Bertz CT molecular complexity index is 958. The fourth-order valence-electron chi connectivity index (χ4n) is 3.72. The Balaban J connectivity index is 1.57. The van der Waals surface area contributed by atoms with Gasteiger partial charge in [-0.2, -0.15) is 0 Å². The number of hydrogen-bond acceptors (Lipinski definition) is 5. The smallest absolute Gasteiger partial charge is 0.258 e. The first-order valence-electron chi connectivity index (χ1n) is 8.74. The third-order valence-corrected chi connectivity index (χ3v) is 6.99. The molecule has 2 aromatic rings. The Hall–Kier alpha value is -2.41. The second-order valence-electron chi connectivity index (χ2n) is 6.91. The molecule has 1 saturated heterocycles. The highest BCUT2D eigenvalue weighted by Crippen LogP contribution is 2.29. The van der Waals surface area contributed by atoms with Gasteiger partial charge in [0.15, 0.2) is 9.84 Å². The maximum absolute atomic E-state index is 13.0. The normalized spacial score (nSPS) is 20.8. The highest BCUT2D eigenvalue weighted by Gasteiger charge is 2.32. The minimum atomic E-state index is -2.97. The zero-order chi connectivity index (χ0) is 18.3. The van der Waals surface area contributed by atoms with Crippen molar-refractivity contribution in [3.63, 3.8) is 0 Å². The van der Waals surface area contributed by atoms with Crippen LogP contribution in [0.15, 0.2) is 42.6 Å². The number of sulfone groups is 1. The van der Waals surface area contributed by atoms with Crippen LogP contribution >= 0.6 is 0 Å². The molecule has 0 bridgehead atoms. The monoisotopic (exact) mass is 371 g/mol. The lowest BCUT2D eigenvalue weighted by atomic mass is 10.1. The highest BCUT2D eigenvalue weighted by molar-refractivity contribution is 7.91. The van der Waals surface area contributed by atoms with E-state index in [2.05, 4.69) is 11.1 Å². The van der Waals surface area contributed by atoms with E-state index in [1.54, 1.807) is 23.2 Å².